The third-order valence-electron chi connectivity index (χ3n) is 2.10. The lowest BCUT2D eigenvalue weighted by Crippen LogP contribution is -1.78. The van der Waals surface area contributed by atoms with Crippen LogP contribution in [0.2, 0.25) is 0 Å². The Hall–Kier alpha value is -0.380. The van der Waals surface area contributed by atoms with Crippen molar-refractivity contribution in [3.05, 3.63) is 23.1 Å². The number of phenols is 1. The fourth-order valence-electron chi connectivity index (χ4n) is 1.35. The average Bonchev–Trinajstić information content (AvgIpc) is 2.58. The zero-order valence-electron chi connectivity index (χ0n) is 7.58. The van der Waals surface area contributed by atoms with Gasteiger partial charge in [-0.05, 0) is 18.4 Å². The molecule has 1 N–H and O–H groups in total. The second-order valence-electron chi connectivity index (χ2n) is 2.91. The smallest absolute Gasteiger partial charge is 0.120 e. The summed E-state index contributed by atoms with van der Waals surface area (Å²) in [5.41, 5.74) is 0.800. The van der Waals surface area contributed by atoms with Crippen LogP contribution in [0.15, 0.2) is 22.4 Å². The van der Waals surface area contributed by atoms with E-state index in [1.165, 1.54) is 9.60 Å². The predicted molar refractivity (Wildman–Crippen MR) is 64.8 cm³/mol. The number of aromatic hydroxyl groups is 1. The van der Waals surface area contributed by atoms with Gasteiger partial charge in [-0.3, -0.25) is 0 Å². The van der Waals surface area contributed by atoms with Gasteiger partial charge in [-0.25, -0.2) is 0 Å². The van der Waals surface area contributed by atoms with E-state index in [0.717, 1.165) is 10.9 Å². The van der Waals surface area contributed by atoms with E-state index in [2.05, 4.69) is 5.38 Å². The molecule has 0 spiro atoms. The number of fused-ring (bicyclic) bond motifs is 1. The lowest BCUT2D eigenvalue weighted by molar-refractivity contribution is 0.471. The van der Waals surface area contributed by atoms with Crippen LogP contribution in [0.4, 0.5) is 0 Å². The Kier molecular flexibility index (Phi) is 2.91. The van der Waals surface area contributed by atoms with Crippen molar-refractivity contribution in [1.29, 1.82) is 0 Å². The molecule has 0 radical (unpaired) electrons. The Bertz CT molecular complexity index is 464. The molecular weight excluding hydrogens is 236 g/mol. The first-order valence-electron chi connectivity index (χ1n) is 4.09. The van der Waals surface area contributed by atoms with Crippen LogP contribution in [0.5, 0.6) is 5.75 Å². The molecule has 2 rings (SSSR count). The molecule has 4 heteroatoms. The molecule has 1 aromatic heterocycles. The normalized spacial score (nSPS) is 11.0. The fraction of sp³-hybridized carbons (Fsp3) is 0.200. The standard InChI is InChI=1S/C10H9ClOS2/c1-13-10-5-14-9-2-6(4-11)8(12)3-7(9)10/h2-3,5,12H,4H2,1H3. The number of alkyl halides is 1. The SMILES string of the molecule is CSc1csc2cc(CCl)c(O)cc12. The molecule has 14 heavy (non-hydrogen) atoms. The minimum atomic E-state index is 0.293. The molecule has 0 atom stereocenters. The van der Waals surface area contributed by atoms with E-state index in [-0.39, 0.29) is 0 Å². The summed E-state index contributed by atoms with van der Waals surface area (Å²) in [7, 11) is 0. The second kappa shape index (κ2) is 4.01. The summed E-state index contributed by atoms with van der Waals surface area (Å²) < 4.78 is 1.18. The molecule has 1 aromatic carbocycles. The van der Waals surface area contributed by atoms with Crippen LogP contribution < -0.4 is 0 Å². The first-order valence-corrected chi connectivity index (χ1v) is 6.73. The number of rotatable bonds is 2. The van der Waals surface area contributed by atoms with Crippen molar-refractivity contribution in [2.24, 2.45) is 0 Å². The molecule has 0 saturated heterocycles. The number of thiophene rings is 1. The van der Waals surface area contributed by atoms with Gasteiger partial charge in [-0.2, -0.15) is 0 Å². The Morgan fingerprint density at radius 1 is 1.50 bits per heavy atom. The largest absolute Gasteiger partial charge is 0.508 e. The van der Waals surface area contributed by atoms with E-state index >= 15 is 0 Å². The van der Waals surface area contributed by atoms with Gasteiger partial charge in [-0.1, -0.05) is 0 Å². The van der Waals surface area contributed by atoms with Gasteiger partial charge in [0.25, 0.3) is 0 Å². The monoisotopic (exact) mass is 244 g/mol. The van der Waals surface area contributed by atoms with Crippen molar-refractivity contribution < 1.29 is 5.11 Å². The van der Waals surface area contributed by atoms with Crippen molar-refractivity contribution in [3.8, 4) is 5.75 Å². The minimum absolute atomic E-state index is 0.293. The molecule has 0 saturated carbocycles. The number of halogens is 1. The Balaban J connectivity index is 2.69. The summed E-state index contributed by atoms with van der Waals surface area (Å²) in [6.45, 7) is 0. The molecule has 74 valence electrons. The van der Waals surface area contributed by atoms with E-state index in [1.54, 1.807) is 29.2 Å². The highest BCUT2D eigenvalue weighted by Gasteiger charge is 2.07. The zero-order valence-corrected chi connectivity index (χ0v) is 9.97. The Labute approximate surface area is 95.7 Å². The summed E-state index contributed by atoms with van der Waals surface area (Å²) in [5.74, 6) is 0.648. The molecule has 0 unspecified atom stereocenters. The van der Waals surface area contributed by atoms with Crippen molar-refractivity contribution in [2.75, 3.05) is 6.26 Å². The van der Waals surface area contributed by atoms with Gasteiger partial charge >= 0.3 is 0 Å². The van der Waals surface area contributed by atoms with Crippen LogP contribution in [0.1, 0.15) is 5.56 Å². The average molecular weight is 245 g/mol. The van der Waals surface area contributed by atoms with E-state index in [4.69, 9.17) is 11.6 Å². The van der Waals surface area contributed by atoms with Crippen molar-refractivity contribution in [3.63, 3.8) is 0 Å². The molecule has 0 amide bonds. The maximum atomic E-state index is 9.66. The van der Waals surface area contributed by atoms with E-state index < -0.39 is 0 Å². The van der Waals surface area contributed by atoms with Crippen LogP contribution in [-0.4, -0.2) is 11.4 Å². The van der Waals surface area contributed by atoms with Crippen LogP contribution in [-0.2, 0) is 5.88 Å². The third kappa shape index (κ3) is 1.60. The van der Waals surface area contributed by atoms with Gasteiger partial charge in [0.2, 0.25) is 0 Å². The van der Waals surface area contributed by atoms with E-state index in [1.807, 2.05) is 12.3 Å². The second-order valence-corrected chi connectivity index (χ2v) is 4.94. The van der Waals surface area contributed by atoms with Crippen molar-refractivity contribution in [1.82, 2.24) is 0 Å². The molecule has 0 fully saturated rings. The van der Waals surface area contributed by atoms with Gasteiger partial charge in [0.05, 0.1) is 5.88 Å². The van der Waals surface area contributed by atoms with Gasteiger partial charge in [0.1, 0.15) is 5.75 Å². The zero-order chi connectivity index (χ0) is 10.1. The number of thioether (sulfide) groups is 1. The van der Waals surface area contributed by atoms with Crippen molar-refractivity contribution in [2.45, 2.75) is 10.8 Å². The van der Waals surface area contributed by atoms with Gasteiger partial charge in [0, 0.05) is 25.9 Å². The van der Waals surface area contributed by atoms with Crippen LogP contribution >= 0.6 is 34.7 Å². The Morgan fingerprint density at radius 2 is 2.29 bits per heavy atom. The molecule has 0 aliphatic heterocycles. The summed E-state index contributed by atoms with van der Waals surface area (Å²) in [4.78, 5) is 1.21. The molecule has 1 nitrogen and oxygen atoms in total. The molecule has 0 bridgehead atoms. The molecule has 0 aliphatic rings. The lowest BCUT2D eigenvalue weighted by atomic mass is 10.2. The molecule has 2 aromatic rings. The molecule has 1 heterocycles. The minimum Gasteiger partial charge on any atom is -0.508 e. The predicted octanol–water partition coefficient (Wildman–Crippen LogP) is 4.07. The highest BCUT2D eigenvalue weighted by Crippen LogP contribution is 2.36. The molecule has 0 aliphatic carbocycles. The quantitative estimate of drug-likeness (QED) is 0.635. The lowest BCUT2D eigenvalue weighted by Gasteiger charge is -2.01. The summed E-state index contributed by atoms with van der Waals surface area (Å²) in [5, 5.41) is 12.9. The highest BCUT2D eigenvalue weighted by atomic mass is 35.5. The third-order valence-corrected chi connectivity index (χ3v) is 4.26. The topological polar surface area (TPSA) is 20.2 Å². The van der Waals surface area contributed by atoms with Crippen LogP contribution in [0.25, 0.3) is 10.1 Å². The maximum Gasteiger partial charge on any atom is 0.120 e. The van der Waals surface area contributed by atoms with Gasteiger partial charge in [0.15, 0.2) is 0 Å². The van der Waals surface area contributed by atoms with Crippen molar-refractivity contribution >= 4 is 44.8 Å². The first kappa shape index (κ1) is 10.1. The van der Waals surface area contributed by atoms with Crippen LogP contribution in [0.3, 0.4) is 0 Å². The maximum absolute atomic E-state index is 9.66. The number of phenolic OH excluding ortho intramolecular Hbond substituents is 1. The highest BCUT2D eigenvalue weighted by molar-refractivity contribution is 7.99. The Morgan fingerprint density at radius 3 is 2.93 bits per heavy atom. The van der Waals surface area contributed by atoms with E-state index in [9.17, 15) is 5.11 Å². The fourth-order valence-corrected chi connectivity index (χ4v) is 3.41. The van der Waals surface area contributed by atoms with Gasteiger partial charge < -0.3 is 5.11 Å². The summed E-state index contributed by atoms with van der Waals surface area (Å²) >= 11 is 9.09. The first-order chi connectivity index (χ1) is 6.76. The number of benzene rings is 1. The van der Waals surface area contributed by atoms with Gasteiger partial charge in [-0.15, -0.1) is 34.7 Å². The number of hydrogen-bond donors (Lipinski definition) is 1. The molecular formula is C10H9ClOS2. The van der Waals surface area contributed by atoms with E-state index in [0.29, 0.717) is 11.6 Å². The van der Waals surface area contributed by atoms with Crippen LogP contribution in [0, 0.1) is 0 Å². The summed E-state index contributed by atoms with van der Waals surface area (Å²) in [6.07, 6.45) is 2.04. The number of hydrogen-bond acceptors (Lipinski definition) is 3. The summed E-state index contributed by atoms with van der Waals surface area (Å²) in [6, 6.07) is 3.76.